The second-order valence-electron chi connectivity index (χ2n) is 6.73. The summed E-state index contributed by atoms with van der Waals surface area (Å²) >= 11 is 1.89. The van der Waals surface area contributed by atoms with Crippen LogP contribution in [0.15, 0.2) is 6.33 Å². The van der Waals surface area contributed by atoms with Gasteiger partial charge in [0.1, 0.15) is 17.0 Å². The molecule has 1 unspecified atom stereocenters. The van der Waals surface area contributed by atoms with Crippen molar-refractivity contribution in [2.24, 2.45) is 5.92 Å². The lowest BCUT2D eigenvalue weighted by atomic mass is 9.89. The summed E-state index contributed by atoms with van der Waals surface area (Å²) in [4.78, 5) is 11.9. The summed E-state index contributed by atoms with van der Waals surface area (Å²) in [6.45, 7) is 2.36. The van der Waals surface area contributed by atoms with Gasteiger partial charge >= 0.3 is 0 Å². The minimum absolute atomic E-state index is 0.606. The zero-order chi connectivity index (χ0) is 14.2. The fourth-order valence-corrected chi connectivity index (χ4v) is 5.18. The lowest BCUT2D eigenvalue weighted by Gasteiger charge is -2.24. The smallest absolute Gasteiger partial charge is 0.138 e. The molecule has 4 rings (SSSR count). The van der Waals surface area contributed by atoms with Crippen molar-refractivity contribution < 1.29 is 0 Å². The Kier molecular flexibility index (Phi) is 3.57. The summed E-state index contributed by atoms with van der Waals surface area (Å²) in [7, 11) is 0. The van der Waals surface area contributed by atoms with Crippen LogP contribution in [0, 0.1) is 5.92 Å². The van der Waals surface area contributed by atoms with Crippen LogP contribution in [0.4, 0.5) is 5.82 Å². The molecule has 2 aliphatic rings. The van der Waals surface area contributed by atoms with Crippen LogP contribution in [0.2, 0.25) is 0 Å². The Morgan fingerprint density at radius 2 is 2.00 bits per heavy atom. The highest BCUT2D eigenvalue weighted by atomic mass is 32.1. The Labute approximate surface area is 130 Å². The van der Waals surface area contributed by atoms with Gasteiger partial charge in [0, 0.05) is 10.9 Å². The van der Waals surface area contributed by atoms with Crippen molar-refractivity contribution in [2.45, 2.75) is 64.3 Å². The Bertz CT molecular complexity index is 643. The van der Waals surface area contributed by atoms with E-state index >= 15 is 0 Å². The van der Waals surface area contributed by atoms with Crippen molar-refractivity contribution in [1.82, 2.24) is 9.97 Å². The molecule has 0 aromatic carbocycles. The van der Waals surface area contributed by atoms with E-state index in [1.165, 1.54) is 67.1 Å². The highest BCUT2D eigenvalue weighted by Crippen LogP contribution is 2.40. The van der Waals surface area contributed by atoms with E-state index in [2.05, 4.69) is 22.2 Å². The molecule has 0 aliphatic heterocycles. The van der Waals surface area contributed by atoms with E-state index in [1.54, 1.807) is 11.2 Å². The zero-order valence-corrected chi connectivity index (χ0v) is 13.5. The zero-order valence-electron chi connectivity index (χ0n) is 12.7. The molecule has 1 fully saturated rings. The van der Waals surface area contributed by atoms with E-state index in [9.17, 15) is 0 Å². The third-order valence-corrected chi connectivity index (χ3v) is 6.20. The highest BCUT2D eigenvalue weighted by Gasteiger charge is 2.24. The molecule has 0 saturated heterocycles. The van der Waals surface area contributed by atoms with Crippen LogP contribution in [-0.2, 0) is 12.8 Å². The lowest BCUT2D eigenvalue weighted by Crippen LogP contribution is -2.23. The number of nitrogens with one attached hydrogen (secondary N) is 1. The number of anilines is 1. The fraction of sp³-hybridized carbons (Fsp3) is 0.647. The van der Waals surface area contributed by atoms with Gasteiger partial charge in [0.2, 0.25) is 0 Å². The molecule has 112 valence electrons. The quantitative estimate of drug-likeness (QED) is 0.883. The summed E-state index contributed by atoms with van der Waals surface area (Å²) in [6, 6.07) is 0.606. The van der Waals surface area contributed by atoms with Crippen LogP contribution in [0.1, 0.15) is 55.9 Å². The van der Waals surface area contributed by atoms with E-state index in [0.717, 1.165) is 11.7 Å². The van der Waals surface area contributed by atoms with Crippen molar-refractivity contribution in [3.05, 3.63) is 16.8 Å². The Morgan fingerprint density at radius 3 is 2.86 bits per heavy atom. The molecule has 0 bridgehead atoms. The monoisotopic (exact) mass is 301 g/mol. The molecule has 2 aromatic heterocycles. The Morgan fingerprint density at radius 1 is 1.14 bits per heavy atom. The Balaban J connectivity index is 1.71. The van der Waals surface area contributed by atoms with Gasteiger partial charge in [-0.3, -0.25) is 0 Å². The van der Waals surface area contributed by atoms with E-state index < -0.39 is 0 Å². The van der Waals surface area contributed by atoms with Gasteiger partial charge in [0.15, 0.2) is 0 Å². The summed E-state index contributed by atoms with van der Waals surface area (Å²) in [5.41, 5.74) is 1.53. The molecule has 0 amide bonds. The predicted molar refractivity (Wildman–Crippen MR) is 89.1 cm³/mol. The molecular formula is C17H23N3S. The first kappa shape index (κ1) is 13.5. The van der Waals surface area contributed by atoms with Crippen LogP contribution in [-0.4, -0.2) is 16.0 Å². The first-order valence-corrected chi connectivity index (χ1v) is 9.14. The lowest BCUT2D eigenvalue weighted by molar-refractivity contribution is 0.462. The maximum atomic E-state index is 4.58. The molecule has 21 heavy (non-hydrogen) atoms. The number of fused-ring (bicyclic) bond motifs is 3. The summed E-state index contributed by atoms with van der Waals surface area (Å²) in [6.07, 6.45) is 12.1. The molecule has 2 aliphatic carbocycles. The molecule has 1 N–H and O–H groups in total. The summed E-state index contributed by atoms with van der Waals surface area (Å²) in [5, 5.41) is 5.06. The van der Waals surface area contributed by atoms with Crippen LogP contribution < -0.4 is 5.32 Å². The van der Waals surface area contributed by atoms with Crippen molar-refractivity contribution >= 4 is 27.4 Å². The van der Waals surface area contributed by atoms with Gasteiger partial charge in [0.25, 0.3) is 0 Å². The second kappa shape index (κ2) is 5.56. The summed E-state index contributed by atoms with van der Waals surface area (Å²) in [5.74, 6) is 1.91. The van der Waals surface area contributed by atoms with Crippen LogP contribution in [0.25, 0.3) is 10.2 Å². The normalized spacial score (nSPS) is 23.2. The molecule has 0 spiro atoms. The van der Waals surface area contributed by atoms with E-state index in [-0.39, 0.29) is 0 Å². The standard InChI is InChI=1S/C17H23N3S/c1-11-7-8-13-14(9-11)21-17-15(13)16(18-10-19-17)20-12-5-3-2-4-6-12/h10-12H,2-9H2,1H3,(H,18,19,20). The number of thiophene rings is 1. The first-order chi connectivity index (χ1) is 10.3. The number of hydrogen-bond donors (Lipinski definition) is 1. The van der Waals surface area contributed by atoms with Gasteiger partial charge in [0.05, 0.1) is 5.39 Å². The number of aryl methyl sites for hydroxylation is 1. The van der Waals surface area contributed by atoms with Gasteiger partial charge in [-0.15, -0.1) is 11.3 Å². The Hall–Kier alpha value is -1.16. The molecule has 0 radical (unpaired) electrons. The van der Waals surface area contributed by atoms with Crippen LogP contribution in [0.5, 0.6) is 0 Å². The molecule has 2 aromatic rings. The van der Waals surface area contributed by atoms with Gasteiger partial charge in [-0.25, -0.2) is 9.97 Å². The molecule has 4 heteroatoms. The van der Waals surface area contributed by atoms with Gasteiger partial charge in [-0.05, 0) is 43.6 Å². The first-order valence-electron chi connectivity index (χ1n) is 8.33. The van der Waals surface area contributed by atoms with Gasteiger partial charge in [-0.2, -0.15) is 0 Å². The van der Waals surface area contributed by atoms with E-state index in [4.69, 9.17) is 0 Å². The van der Waals surface area contributed by atoms with Gasteiger partial charge in [-0.1, -0.05) is 26.2 Å². The minimum atomic E-state index is 0.606. The van der Waals surface area contributed by atoms with E-state index in [1.807, 2.05) is 11.3 Å². The van der Waals surface area contributed by atoms with Crippen molar-refractivity contribution in [1.29, 1.82) is 0 Å². The molecule has 1 atom stereocenters. The molecule has 2 heterocycles. The van der Waals surface area contributed by atoms with E-state index in [0.29, 0.717) is 6.04 Å². The van der Waals surface area contributed by atoms with Crippen molar-refractivity contribution in [2.75, 3.05) is 5.32 Å². The summed E-state index contributed by atoms with van der Waals surface area (Å²) < 4.78 is 0. The molecule has 1 saturated carbocycles. The largest absolute Gasteiger partial charge is 0.367 e. The van der Waals surface area contributed by atoms with Gasteiger partial charge < -0.3 is 5.32 Å². The number of nitrogens with zero attached hydrogens (tertiary/aromatic N) is 2. The maximum Gasteiger partial charge on any atom is 0.138 e. The highest BCUT2D eigenvalue weighted by molar-refractivity contribution is 7.19. The van der Waals surface area contributed by atoms with Crippen molar-refractivity contribution in [3.63, 3.8) is 0 Å². The average Bonchev–Trinajstić information content (AvgIpc) is 2.86. The molecule has 3 nitrogen and oxygen atoms in total. The second-order valence-corrected chi connectivity index (χ2v) is 7.82. The average molecular weight is 301 g/mol. The topological polar surface area (TPSA) is 37.8 Å². The predicted octanol–water partition coefficient (Wildman–Crippen LogP) is 4.56. The number of aromatic nitrogens is 2. The molecular weight excluding hydrogens is 278 g/mol. The fourth-order valence-electron chi connectivity index (χ4n) is 3.82. The SMILES string of the molecule is CC1CCc2c(sc3ncnc(NC4CCCCC4)c23)C1. The van der Waals surface area contributed by atoms with Crippen LogP contribution in [0.3, 0.4) is 0 Å². The van der Waals surface area contributed by atoms with Crippen LogP contribution >= 0.6 is 11.3 Å². The number of rotatable bonds is 2. The number of hydrogen-bond acceptors (Lipinski definition) is 4. The third-order valence-electron chi connectivity index (χ3n) is 5.04. The minimum Gasteiger partial charge on any atom is -0.367 e. The third kappa shape index (κ3) is 2.54. The van der Waals surface area contributed by atoms with Crippen molar-refractivity contribution in [3.8, 4) is 0 Å². The maximum absolute atomic E-state index is 4.58.